The number of hydrogen-bond donors (Lipinski definition) is 1. The molecule has 3 rings (SSSR count). The minimum absolute atomic E-state index is 0.216. The summed E-state index contributed by atoms with van der Waals surface area (Å²) in [5, 5.41) is 2.71. The normalized spacial score (nSPS) is 17.2. The molecular weight excluding hydrogens is 391 g/mol. The molecule has 1 N–H and O–H groups in total. The first kappa shape index (κ1) is 22.1. The molecule has 0 saturated carbocycles. The Kier molecular flexibility index (Phi) is 7.29. The van der Waals surface area contributed by atoms with Gasteiger partial charge in [-0.3, -0.25) is 14.6 Å². The number of carbonyl (C=O) groups excluding carboxylic acids is 1. The van der Waals surface area contributed by atoms with Gasteiger partial charge >= 0.3 is 6.18 Å². The number of anilines is 1. The Labute approximate surface area is 175 Å². The van der Waals surface area contributed by atoms with Crippen molar-refractivity contribution >= 4 is 17.7 Å². The van der Waals surface area contributed by atoms with Crippen LogP contribution in [0.5, 0.6) is 0 Å². The number of nitrogens with zero attached hydrogens (tertiary/aromatic N) is 2. The molecule has 0 unspecified atom stereocenters. The maximum Gasteiger partial charge on any atom is 0.416 e. The highest BCUT2D eigenvalue weighted by Gasteiger charge is 2.30. The third-order valence-corrected chi connectivity index (χ3v) is 5.29. The van der Waals surface area contributed by atoms with Crippen molar-refractivity contribution in [3.8, 4) is 0 Å². The third kappa shape index (κ3) is 6.18. The number of halogens is 3. The second-order valence-corrected chi connectivity index (χ2v) is 7.39. The van der Waals surface area contributed by atoms with Crippen molar-refractivity contribution in [2.24, 2.45) is 0 Å². The molecule has 0 bridgehead atoms. The standard InChI is InChI=1S/C23H26F3N3O/c1-18(22(30)27-21-11-9-20(10-12-21)23(24,25)26)29-16-14-28(15-17-29)13-5-8-19-6-3-2-4-7-19/h2-12,18H,13-17H2,1H3,(H,27,30)/b8-5+/t18-/m0/s1. The molecule has 7 heteroatoms. The summed E-state index contributed by atoms with van der Waals surface area (Å²) in [5.74, 6) is -0.216. The first-order valence-corrected chi connectivity index (χ1v) is 9.99. The fourth-order valence-corrected chi connectivity index (χ4v) is 3.39. The summed E-state index contributed by atoms with van der Waals surface area (Å²) in [6.45, 7) is 5.93. The van der Waals surface area contributed by atoms with Crippen LogP contribution in [-0.2, 0) is 11.0 Å². The van der Waals surface area contributed by atoms with Crippen molar-refractivity contribution in [2.45, 2.75) is 19.1 Å². The highest BCUT2D eigenvalue weighted by Crippen LogP contribution is 2.29. The van der Waals surface area contributed by atoms with Gasteiger partial charge in [0.25, 0.3) is 0 Å². The van der Waals surface area contributed by atoms with Crippen molar-refractivity contribution in [1.82, 2.24) is 9.80 Å². The van der Waals surface area contributed by atoms with Crippen molar-refractivity contribution in [1.29, 1.82) is 0 Å². The fourth-order valence-electron chi connectivity index (χ4n) is 3.39. The predicted octanol–water partition coefficient (Wildman–Crippen LogP) is 4.36. The Bertz CT molecular complexity index is 842. The average Bonchev–Trinajstić information content (AvgIpc) is 2.74. The number of amides is 1. The molecule has 1 saturated heterocycles. The van der Waals surface area contributed by atoms with E-state index in [2.05, 4.69) is 39.4 Å². The number of nitrogens with one attached hydrogen (secondary N) is 1. The van der Waals surface area contributed by atoms with E-state index in [0.717, 1.165) is 44.9 Å². The van der Waals surface area contributed by atoms with Gasteiger partial charge in [0.05, 0.1) is 11.6 Å². The van der Waals surface area contributed by atoms with Crippen molar-refractivity contribution in [3.05, 3.63) is 71.8 Å². The molecule has 1 aliphatic rings. The summed E-state index contributed by atoms with van der Waals surface area (Å²) in [5.41, 5.74) is 0.806. The van der Waals surface area contributed by atoms with Crippen LogP contribution in [0.15, 0.2) is 60.7 Å². The number of alkyl halides is 3. The lowest BCUT2D eigenvalue weighted by molar-refractivity contribution is -0.137. The predicted molar refractivity (Wildman–Crippen MR) is 113 cm³/mol. The Morgan fingerprint density at radius 3 is 2.27 bits per heavy atom. The topological polar surface area (TPSA) is 35.6 Å². The van der Waals surface area contributed by atoms with Crippen molar-refractivity contribution in [3.63, 3.8) is 0 Å². The van der Waals surface area contributed by atoms with Crippen LogP contribution in [0, 0.1) is 0 Å². The highest BCUT2D eigenvalue weighted by molar-refractivity contribution is 5.94. The molecule has 0 spiro atoms. The van der Waals surface area contributed by atoms with E-state index in [1.54, 1.807) is 0 Å². The zero-order valence-electron chi connectivity index (χ0n) is 16.9. The largest absolute Gasteiger partial charge is 0.416 e. The van der Waals surface area contributed by atoms with Crippen LogP contribution >= 0.6 is 0 Å². The lowest BCUT2D eigenvalue weighted by atomic mass is 10.1. The molecule has 160 valence electrons. The molecule has 0 aliphatic carbocycles. The van der Waals surface area contributed by atoms with Crippen molar-refractivity contribution in [2.75, 3.05) is 38.0 Å². The molecular formula is C23H26F3N3O. The maximum absolute atomic E-state index is 12.6. The van der Waals surface area contributed by atoms with Gasteiger partial charge in [0.2, 0.25) is 5.91 Å². The van der Waals surface area contributed by atoms with Crippen LogP contribution in [0.2, 0.25) is 0 Å². The van der Waals surface area contributed by atoms with Gasteiger partial charge in [-0.15, -0.1) is 0 Å². The molecule has 1 fully saturated rings. The van der Waals surface area contributed by atoms with Crippen LogP contribution < -0.4 is 5.32 Å². The second-order valence-electron chi connectivity index (χ2n) is 7.39. The molecule has 1 aliphatic heterocycles. The van der Waals surface area contributed by atoms with Crippen LogP contribution in [0.25, 0.3) is 6.08 Å². The van der Waals surface area contributed by atoms with Gasteiger partial charge in [0, 0.05) is 38.4 Å². The van der Waals surface area contributed by atoms with Gasteiger partial charge in [-0.25, -0.2) is 0 Å². The fraction of sp³-hybridized carbons (Fsp3) is 0.348. The summed E-state index contributed by atoms with van der Waals surface area (Å²) in [6.07, 6.45) is -0.135. The Morgan fingerprint density at radius 1 is 1.03 bits per heavy atom. The second kappa shape index (κ2) is 9.91. The lowest BCUT2D eigenvalue weighted by Crippen LogP contribution is -2.52. The molecule has 1 atom stereocenters. The van der Waals surface area contributed by atoms with Gasteiger partial charge in [-0.2, -0.15) is 13.2 Å². The number of rotatable bonds is 6. The minimum atomic E-state index is -4.38. The average molecular weight is 417 g/mol. The Balaban J connectivity index is 1.44. The summed E-state index contributed by atoms with van der Waals surface area (Å²) in [7, 11) is 0. The Morgan fingerprint density at radius 2 is 1.67 bits per heavy atom. The molecule has 30 heavy (non-hydrogen) atoms. The quantitative estimate of drug-likeness (QED) is 0.759. The van der Waals surface area contributed by atoms with E-state index >= 15 is 0 Å². The Hall–Kier alpha value is -2.64. The first-order chi connectivity index (χ1) is 14.3. The van der Waals surface area contributed by atoms with Gasteiger partial charge in [0.1, 0.15) is 0 Å². The highest BCUT2D eigenvalue weighted by atomic mass is 19.4. The number of carbonyl (C=O) groups is 1. The number of piperazine rings is 1. The van der Waals surface area contributed by atoms with E-state index in [1.165, 1.54) is 17.7 Å². The van der Waals surface area contributed by atoms with Gasteiger partial charge in [-0.1, -0.05) is 42.5 Å². The van der Waals surface area contributed by atoms with E-state index in [0.29, 0.717) is 5.69 Å². The van der Waals surface area contributed by atoms with E-state index < -0.39 is 11.7 Å². The van der Waals surface area contributed by atoms with Crippen molar-refractivity contribution < 1.29 is 18.0 Å². The molecule has 2 aromatic carbocycles. The van der Waals surface area contributed by atoms with Gasteiger partial charge in [0.15, 0.2) is 0 Å². The molecule has 0 aromatic heterocycles. The van der Waals surface area contributed by atoms with Crippen LogP contribution in [0.1, 0.15) is 18.1 Å². The van der Waals surface area contributed by atoms with E-state index in [1.807, 2.05) is 25.1 Å². The van der Waals surface area contributed by atoms with E-state index in [4.69, 9.17) is 0 Å². The summed E-state index contributed by atoms with van der Waals surface area (Å²) >= 11 is 0. The lowest BCUT2D eigenvalue weighted by Gasteiger charge is -2.37. The molecule has 4 nitrogen and oxygen atoms in total. The summed E-state index contributed by atoms with van der Waals surface area (Å²) in [6, 6.07) is 14.3. The zero-order chi connectivity index (χ0) is 21.6. The van der Waals surface area contributed by atoms with E-state index in [-0.39, 0.29) is 11.9 Å². The van der Waals surface area contributed by atoms with Crippen LogP contribution in [0.4, 0.5) is 18.9 Å². The number of hydrogen-bond acceptors (Lipinski definition) is 3. The zero-order valence-corrected chi connectivity index (χ0v) is 16.9. The number of benzene rings is 2. The summed E-state index contributed by atoms with van der Waals surface area (Å²) in [4.78, 5) is 16.9. The minimum Gasteiger partial charge on any atom is -0.325 e. The molecule has 1 heterocycles. The van der Waals surface area contributed by atoms with Crippen LogP contribution in [-0.4, -0.2) is 54.5 Å². The molecule has 1 amide bonds. The van der Waals surface area contributed by atoms with Gasteiger partial charge < -0.3 is 5.32 Å². The third-order valence-electron chi connectivity index (χ3n) is 5.29. The smallest absolute Gasteiger partial charge is 0.325 e. The monoisotopic (exact) mass is 417 g/mol. The maximum atomic E-state index is 12.6. The molecule has 0 radical (unpaired) electrons. The van der Waals surface area contributed by atoms with E-state index in [9.17, 15) is 18.0 Å². The SMILES string of the molecule is C[C@@H](C(=O)Nc1ccc(C(F)(F)F)cc1)N1CCN(C/C=C/c2ccccc2)CC1. The summed E-state index contributed by atoms with van der Waals surface area (Å²) < 4.78 is 37.9. The first-order valence-electron chi connectivity index (χ1n) is 9.99. The van der Waals surface area contributed by atoms with Crippen LogP contribution in [0.3, 0.4) is 0 Å². The van der Waals surface area contributed by atoms with Gasteiger partial charge in [-0.05, 0) is 36.8 Å². The molecule has 2 aromatic rings.